The molecule has 1 rings (SSSR count). The fourth-order valence-electron chi connectivity index (χ4n) is 2.82. The summed E-state index contributed by atoms with van der Waals surface area (Å²) in [6.45, 7) is 8.67. The third-order valence-corrected chi connectivity index (χ3v) is 3.80. The van der Waals surface area contributed by atoms with Crippen molar-refractivity contribution in [1.82, 2.24) is 15.5 Å². The van der Waals surface area contributed by atoms with E-state index in [2.05, 4.69) is 24.5 Å². The summed E-state index contributed by atoms with van der Waals surface area (Å²) >= 11 is 0. The lowest BCUT2D eigenvalue weighted by atomic mass is 9.95. The number of nitrogens with zero attached hydrogens (tertiary/aromatic N) is 1. The summed E-state index contributed by atoms with van der Waals surface area (Å²) in [5, 5.41) is 6.04. The van der Waals surface area contributed by atoms with Crippen molar-refractivity contribution in [3.05, 3.63) is 0 Å². The minimum atomic E-state index is -0.354. The summed E-state index contributed by atoms with van der Waals surface area (Å²) in [5.74, 6) is 0.186. The Bertz CT molecular complexity index is 314. The van der Waals surface area contributed by atoms with E-state index in [0.717, 1.165) is 32.2 Å². The second-order valence-electron chi connectivity index (χ2n) is 5.42. The Kier molecular flexibility index (Phi) is 7.59. The molecule has 1 aliphatic heterocycles. The van der Waals surface area contributed by atoms with Crippen LogP contribution in [-0.2, 0) is 9.59 Å². The van der Waals surface area contributed by atoms with Crippen molar-refractivity contribution in [3.8, 4) is 0 Å². The molecule has 5 heteroatoms. The van der Waals surface area contributed by atoms with Gasteiger partial charge in [0.1, 0.15) is 6.04 Å². The third kappa shape index (κ3) is 4.47. The van der Waals surface area contributed by atoms with E-state index in [1.54, 1.807) is 4.90 Å². The summed E-state index contributed by atoms with van der Waals surface area (Å²) < 4.78 is 0. The van der Waals surface area contributed by atoms with Crippen molar-refractivity contribution in [2.75, 3.05) is 26.2 Å². The lowest BCUT2D eigenvalue weighted by Crippen LogP contribution is -2.60. The van der Waals surface area contributed by atoms with Crippen molar-refractivity contribution < 1.29 is 9.59 Å². The zero-order chi connectivity index (χ0) is 15.0. The van der Waals surface area contributed by atoms with E-state index in [1.807, 2.05) is 6.92 Å². The molecule has 1 atom stereocenters. The van der Waals surface area contributed by atoms with Gasteiger partial charge in [-0.15, -0.1) is 0 Å². The molecule has 0 aliphatic carbocycles. The molecule has 5 nitrogen and oxygen atoms in total. The van der Waals surface area contributed by atoms with Crippen LogP contribution in [0.1, 0.15) is 46.5 Å². The fourth-order valence-corrected chi connectivity index (χ4v) is 2.82. The van der Waals surface area contributed by atoms with Crippen LogP contribution in [0, 0.1) is 5.92 Å². The number of hydrogen-bond donors (Lipinski definition) is 2. The van der Waals surface area contributed by atoms with E-state index in [1.165, 1.54) is 0 Å². The molecule has 1 heterocycles. The van der Waals surface area contributed by atoms with Crippen LogP contribution in [0.3, 0.4) is 0 Å². The first-order chi connectivity index (χ1) is 9.65. The summed E-state index contributed by atoms with van der Waals surface area (Å²) in [5.41, 5.74) is 0. The predicted molar refractivity (Wildman–Crippen MR) is 80.4 cm³/mol. The van der Waals surface area contributed by atoms with Gasteiger partial charge in [-0.3, -0.25) is 9.59 Å². The number of hydrogen-bond acceptors (Lipinski definition) is 3. The van der Waals surface area contributed by atoms with Gasteiger partial charge >= 0.3 is 0 Å². The largest absolute Gasteiger partial charge is 0.355 e. The van der Waals surface area contributed by atoms with E-state index in [-0.39, 0.29) is 23.8 Å². The van der Waals surface area contributed by atoms with Gasteiger partial charge in [0.2, 0.25) is 11.8 Å². The zero-order valence-corrected chi connectivity index (χ0v) is 13.1. The van der Waals surface area contributed by atoms with Crippen LogP contribution < -0.4 is 10.6 Å². The van der Waals surface area contributed by atoms with E-state index in [9.17, 15) is 9.59 Å². The molecule has 2 N–H and O–H groups in total. The van der Waals surface area contributed by atoms with Crippen LogP contribution >= 0.6 is 0 Å². The molecule has 0 aromatic heterocycles. The average Bonchev–Trinajstić information content (AvgIpc) is 2.46. The average molecular weight is 283 g/mol. The maximum absolute atomic E-state index is 12.7. The predicted octanol–water partition coefficient (Wildman–Crippen LogP) is 1.14. The summed E-state index contributed by atoms with van der Waals surface area (Å²) in [4.78, 5) is 26.6. The first-order valence-electron chi connectivity index (χ1n) is 7.94. The molecule has 2 amide bonds. The standard InChI is InChI=1S/C15H29N3O2/c1-4-7-12(8-5-2)15(20)18-10-9-16-11-13(18)14(19)17-6-3/h12-13,16H,4-11H2,1-3H3,(H,17,19). The topological polar surface area (TPSA) is 61.4 Å². The smallest absolute Gasteiger partial charge is 0.244 e. The van der Waals surface area contributed by atoms with E-state index < -0.39 is 0 Å². The molecule has 0 radical (unpaired) electrons. The van der Waals surface area contributed by atoms with E-state index in [4.69, 9.17) is 0 Å². The van der Waals surface area contributed by atoms with Gasteiger partial charge in [0.25, 0.3) is 0 Å². The monoisotopic (exact) mass is 283 g/mol. The second-order valence-corrected chi connectivity index (χ2v) is 5.42. The second kappa shape index (κ2) is 8.95. The number of amides is 2. The fraction of sp³-hybridized carbons (Fsp3) is 0.867. The van der Waals surface area contributed by atoms with Gasteiger partial charge in [-0.25, -0.2) is 0 Å². The zero-order valence-electron chi connectivity index (χ0n) is 13.1. The van der Waals surface area contributed by atoms with Crippen LogP contribution in [0.2, 0.25) is 0 Å². The van der Waals surface area contributed by atoms with Crippen LogP contribution in [0.4, 0.5) is 0 Å². The van der Waals surface area contributed by atoms with Gasteiger partial charge in [-0.1, -0.05) is 26.7 Å². The Morgan fingerprint density at radius 1 is 1.25 bits per heavy atom. The molecule has 1 saturated heterocycles. The maximum atomic E-state index is 12.7. The van der Waals surface area contributed by atoms with E-state index >= 15 is 0 Å². The Balaban J connectivity index is 2.76. The van der Waals surface area contributed by atoms with Gasteiger partial charge in [-0.2, -0.15) is 0 Å². The quantitative estimate of drug-likeness (QED) is 0.736. The summed E-state index contributed by atoms with van der Waals surface area (Å²) in [6.07, 6.45) is 3.85. The molecule has 1 unspecified atom stereocenters. The Morgan fingerprint density at radius 2 is 1.90 bits per heavy atom. The SMILES string of the molecule is CCCC(CCC)C(=O)N1CCNCC1C(=O)NCC. The highest BCUT2D eigenvalue weighted by Gasteiger charge is 2.34. The normalized spacial score (nSPS) is 19.2. The van der Waals surface area contributed by atoms with Crippen LogP contribution in [-0.4, -0.2) is 48.9 Å². The number of rotatable bonds is 7. The van der Waals surface area contributed by atoms with Crippen molar-refractivity contribution in [2.45, 2.75) is 52.5 Å². The molecule has 20 heavy (non-hydrogen) atoms. The Hall–Kier alpha value is -1.10. The summed E-state index contributed by atoms with van der Waals surface area (Å²) in [7, 11) is 0. The van der Waals surface area contributed by atoms with Gasteiger partial charge in [0.15, 0.2) is 0 Å². The molecule has 0 aromatic rings. The highest BCUT2D eigenvalue weighted by molar-refractivity contribution is 5.89. The van der Waals surface area contributed by atoms with Gasteiger partial charge < -0.3 is 15.5 Å². The van der Waals surface area contributed by atoms with Gasteiger partial charge in [0.05, 0.1) is 0 Å². The minimum absolute atomic E-state index is 0.0419. The van der Waals surface area contributed by atoms with E-state index in [0.29, 0.717) is 19.6 Å². The summed E-state index contributed by atoms with van der Waals surface area (Å²) in [6, 6.07) is -0.354. The molecule has 0 saturated carbocycles. The van der Waals surface area contributed by atoms with Gasteiger partial charge in [-0.05, 0) is 19.8 Å². The van der Waals surface area contributed by atoms with Crippen molar-refractivity contribution >= 4 is 11.8 Å². The van der Waals surface area contributed by atoms with Crippen molar-refractivity contribution in [3.63, 3.8) is 0 Å². The first kappa shape index (κ1) is 17.0. The van der Waals surface area contributed by atoms with Crippen LogP contribution in [0.5, 0.6) is 0 Å². The van der Waals surface area contributed by atoms with Crippen LogP contribution in [0.15, 0.2) is 0 Å². The molecule has 116 valence electrons. The number of piperazine rings is 1. The molecular formula is C15H29N3O2. The maximum Gasteiger partial charge on any atom is 0.244 e. The lowest BCUT2D eigenvalue weighted by molar-refractivity contribution is -0.145. The van der Waals surface area contributed by atoms with Gasteiger partial charge in [0, 0.05) is 32.1 Å². The highest BCUT2D eigenvalue weighted by atomic mass is 16.2. The first-order valence-corrected chi connectivity index (χ1v) is 7.94. The third-order valence-electron chi connectivity index (χ3n) is 3.80. The number of nitrogens with one attached hydrogen (secondary N) is 2. The van der Waals surface area contributed by atoms with Crippen molar-refractivity contribution in [1.29, 1.82) is 0 Å². The molecule has 1 aliphatic rings. The number of carbonyl (C=O) groups excluding carboxylic acids is 2. The molecule has 0 bridgehead atoms. The Morgan fingerprint density at radius 3 is 2.45 bits per heavy atom. The lowest BCUT2D eigenvalue weighted by Gasteiger charge is -2.37. The van der Waals surface area contributed by atoms with Crippen LogP contribution in [0.25, 0.3) is 0 Å². The minimum Gasteiger partial charge on any atom is -0.355 e. The number of likely N-dealkylation sites (N-methyl/N-ethyl adjacent to an activating group) is 1. The molecular weight excluding hydrogens is 254 g/mol. The molecule has 1 fully saturated rings. The van der Waals surface area contributed by atoms with Crippen molar-refractivity contribution in [2.24, 2.45) is 5.92 Å². The Labute approximate surface area is 122 Å². The highest BCUT2D eigenvalue weighted by Crippen LogP contribution is 2.19. The molecule has 0 aromatic carbocycles. The molecule has 0 spiro atoms. The number of carbonyl (C=O) groups is 2.